The van der Waals surface area contributed by atoms with Gasteiger partial charge in [-0.3, -0.25) is 0 Å². The molecule has 0 aliphatic carbocycles. The molecule has 0 aromatic heterocycles. The van der Waals surface area contributed by atoms with Crippen molar-refractivity contribution in [1.29, 1.82) is 0 Å². The van der Waals surface area contributed by atoms with Crippen molar-refractivity contribution in [3.8, 4) is 11.5 Å². The normalized spacial score (nSPS) is 17.9. The summed E-state index contributed by atoms with van der Waals surface area (Å²) in [5.74, 6) is 1.08. The highest BCUT2D eigenvalue weighted by molar-refractivity contribution is 5.97. The molecule has 2 atom stereocenters. The fraction of sp³-hybridized carbons (Fsp3) is 0.194. The smallest absolute Gasteiger partial charge is 0.340 e. The summed E-state index contributed by atoms with van der Waals surface area (Å²) >= 11 is 0. The molecule has 0 radical (unpaired) electrons. The maximum Gasteiger partial charge on any atom is 0.340 e. The van der Waals surface area contributed by atoms with E-state index in [4.69, 9.17) is 9.47 Å². The first-order valence-corrected chi connectivity index (χ1v) is 12.5. The molecule has 0 saturated heterocycles. The van der Waals surface area contributed by atoms with Gasteiger partial charge in [-0.15, -0.1) is 0 Å². The Morgan fingerprint density at radius 2 is 1.50 bits per heavy atom. The molecule has 2 heterocycles. The number of anilines is 2. The van der Waals surface area contributed by atoms with Gasteiger partial charge in [-0.1, -0.05) is 67.6 Å². The first-order chi connectivity index (χ1) is 17.7. The second-order valence-corrected chi connectivity index (χ2v) is 9.09. The van der Waals surface area contributed by atoms with Gasteiger partial charge in [0.05, 0.1) is 23.0 Å². The van der Waals surface area contributed by atoms with Gasteiger partial charge < -0.3 is 19.7 Å². The first kappa shape index (κ1) is 22.2. The summed E-state index contributed by atoms with van der Waals surface area (Å²) < 4.78 is 12.9. The van der Waals surface area contributed by atoms with E-state index in [0.717, 1.165) is 41.0 Å². The van der Waals surface area contributed by atoms with E-state index < -0.39 is 5.60 Å². The summed E-state index contributed by atoms with van der Waals surface area (Å²) in [6.07, 6.45) is 0.887. The van der Waals surface area contributed by atoms with Crippen LogP contribution in [0.25, 0.3) is 0 Å². The van der Waals surface area contributed by atoms with Gasteiger partial charge in [0.15, 0.2) is 5.60 Å². The lowest BCUT2D eigenvalue weighted by atomic mass is 9.76. The van der Waals surface area contributed by atoms with Gasteiger partial charge in [-0.25, -0.2) is 4.79 Å². The van der Waals surface area contributed by atoms with Crippen molar-refractivity contribution in [2.24, 2.45) is 0 Å². The predicted octanol–water partition coefficient (Wildman–Crippen LogP) is 6.93. The van der Waals surface area contributed by atoms with Crippen LogP contribution in [0.15, 0.2) is 97.1 Å². The number of para-hydroxylation sites is 2. The molecule has 1 N–H and O–H groups in total. The van der Waals surface area contributed by atoms with Gasteiger partial charge in [0.25, 0.3) is 0 Å². The molecule has 4 aromatic rings. The van der Waals surface area contributed by atoms with Gasteiger partial charge in [0.2, 0.25) is 0 Å². The summed E-state index contributed by atoms with van der Waals surface area (Å²) in [7, 11) is 0. The van der Waals surface area contributed by atoms with E-state index in [9.17, 15) is 4.79 Å². The molecule has 0 amide bonds. The third kappa shape index (κ3) is 3.27. The molecular formula is C31H28N2O3. The standard InChI is InChI=1S/C31H28N2O3/c1-3-28(32-21-13-6-5-7-14-21)33(4-2)25-18-12-20-27-29(25)31(24-17-10-11-19-26(24)35-27)23-16-9-8-15-22(23)30(34)36-31/h5-20,28,32H,3-4H2,1-2H3. The predicted molar refractivity (Wildman–Crippen MR) is 142 cm³/mol. The second kappa shape index (κ2) is 8.76. The van der Waals surface area contributed by atoms with E-state index in [0.29, 0.717) is 17.1 Å². The van der Waals surface area contributed by atoms with Crippen LogP contribution in [-0.2, 0) is 10.3 Å². The zero-order valence-corrected chi connectivity index (χ0v) is 20.4. The Balaban J connectivity index is 1.58. The van der Waals surface area contributed by atoms with E-state index in [1.807, 2.05) is 78.9 Å². The summed E-state index contributed by atoms with van der Waals surface area (Å²) in [5.41, 5.74) is 4.07. The third-order valence-corrected chi connectivity index (χ3v) is 7.13. The number of nitrogens with one attached hydrogen (secondary N) is 1. The van der Waals surface area contributed by atoms with Crippen LogP contribution in [-0.4, -0.2) is 18.7 Å². The largest absolute Gasteiger partial charge is 0.456 e. The van der Waals surface area contributed by atoms with Crippen molar-refractivity contribution in [3.05, 3.63) is 119 Å². The number of benzene rings is 4. The van der Waals surface area contributed by atoms with Crippen molar-refractivity contribution in [3.63, 3.8) is 0 Å². The quantitative estimate of drug-likeness (QED) is 0.242. The number of hydrogen-bond donors (Lipinski definition) is 1. The van der Waals surface area contributed by atoms with Crippen LogP contribution >= 0.6 is 0 Å². The fourth-order valence-corrected chi connectivity index (χ4v) is 5.59. The number of esters is 1. The highest BCUT2D eigenvalue weighted by Crippen LogP contribution is 2.58. The number of hydrogen-bond acceptors (Lipinski definition) is 5. The van der Waals surface area contributed by atoms with E-state index in [1.54, 1.807) is 0 Å². The van der Waals surface area contributed by atoms with Crippen LogP contribution in [0.5, 0.6) is 11.5 Å². The number of carbonyl (C=O) groups is 1. The molecule has 5 heteroatoms. The zero-order valence-electron chi connectivity index (χ0n) is 20.4. The Labute approximate surface area is 211 Å². The topological polar surface area (TPSA) is 50.8 Å². The van der Waals surface area contributed by atoms with E-state index >= 15 is 0 Å². The minimum absolute atomic E-state index is 0.0190. The van der Waals surface area contributed by atoms with Gasteiger partial charge in [-0.05, 0) is 49.7 Å². The summed E-state index contributed by atoms with van der Waals surface area (Å²) in [4.78, 5) is 15.6. The van der Waals surface area contributed by atoms with E-state index in [-0.39, 0.29) is 12.1 Å². The van der Waals surface area contributed by atoms with Crippen LogP contribution in [0.4, 0.5) is 11.4 Å². The summed E-state index contributed by atoms with van der Waals surface area (Å²) in [6.45, 7) is 5.07. The molecule has 180 valence electrons. The molecule has 0 fully saturated rings. The molecule has 6 rings (SSSR count). The molecule has 0 saturated carbocycles. The number of nitrogens with zero attached hydrogens (tertiary/aromatic N) is 1. The first-order valence-electron chi connectivity index (χ1n) is 12.5. The molecule has 4 aromatic carbocycles. The lowest BCUT2D eigenvalue weighted by Crippen LogP contribution is -2.43. The van der Waals surface area contributed by atoms with Crippen molar-refractivity contribution >= 4 is 17.3 Å². The highest BCUT2D eigenvalue weighted by Gasteiger charge is 2.55. The maximum absolute atomic E-state index is 13.3. The molecule has 36 heavy (non-hydrogen) atoms. The zero-order chi connectivity index (χ0) is 24.7. The van der Waals surface area contributed by atoms with Gasteiger partial charge >= 0.3 is 5.97 Å². The lowest BCUT2D eigenvalue weighted by molar-refractivity contribution is 0.0226. The van der Waals surface area contributed by atoms with Gasteiger partial charge in [0.1, 0.15) is 11.5 Å². The maximum atomic E-state index is 13.3. The third-order valence-electron chi connectivity index (χ3n) is 7.13. The number of carbonyl (C=O) groups excluding carboxylic acids is 1. The van der Waals surface area contributed by atoms with Crippen molar-refractivity contribution in [2.45, 2.75) is 32.0 Å². The Kier molecular flexibility index (Phi) is 5.41. The monoisotopic (exact) mass is 476 g/mol. The molecular weight excluding hydrogens is 448 g/mol. The molecule has 1 spiro atoms. The SMILES string of the molecule is CCC(Nc1ccccc1)N(CC)c1cccc2c1C1(OC(=O)c3ccccc31)c1ccccc1O2. The summed E-state index contributed by atoms with van der Waals surface area (Å²) in [6, 6.07) is 31.8. The van der Waals surface area contributed by atoms with Crippen LogP contribution in [0.1, 0.15) is 47.3 Å². The number of ether oxygens (including phenoxy) is 2. The van der Waals surface area contributed by atoms with E-state index in [2.05, 4.69) is 42.3 Å². The molecule has 0 bridgehead atoms. The molecule has 2 unspecified atom stereocenters. The highest BCUT2D eigenvalue weighted by atomic mass is 16.6. The molecule has 2 aliphatic rings. The van der Waals surface area contributed by atoms with Crippen molar-refractivity contribution < 1.29 is 14.3 Å². The average Bonchev–Trinajstić information content (AvgIpc) is 3.22. The minimum atomic E-state index is -1.09. The minimum Gasteiger partial charge on any atom is -0.456 e. The number of rotatable bonds is 6. The molecule has 5 nitrogen and oxygen atoms in total. The fourth-order valence-electron chi connectivity index (χ4n) is 5.59. The van der Waals surface area contributed by atoms with Crippen LogP contribution in [0.3, 0.4) is 0 Å². The average molecular weight is 477 g/mol. The van der Waals surface area contributed by atoms with Crippen LogP contribution < -0.4 is 15.0 Å². The van der Waals surface area contributed by atoms with Gasteiger partial charge in [-0.2, -0.15) is 0 Å². The summed E-state index contributed by atoms with van der Waals surface area (Å²) in [5, 5.41) is 3.69. The molecule has 2 aliphatic heterocycles. The number of fused-ring (bicyclic) bond motifs is 6. The van der Waals surface area contributed by atoms with Crippen molar-refractivity contribution in [2.75, 3.05) is 16.8 Å². The Morgan fingerprint density at radius 1 is 0.806 bits per heavy atom. The van der Waals surface area contributed by atoms with Crippen molar-refractivity contribution in [1.82, 2.24) is 0 Å². The Hall–Kier alpha value is -4.25. The van der Waals surface area contributed by atoms with Crippen LogP contribution in [0, 0.1) is 0 Å². The Morgan fingerprint density at radius 3 is 2.28 bits per heavy atom. The van der Waals surface area contributed by atoms with Gasteiger partial charge in [0, 0.05) is 23.4 Å². The lowest BCUT2D eigenvalue weighted by Gasteiger charge is -2.42. The van der Waals surface area contributed by atoms with E-state index in [1.165, 1.54) is 0 Å². The second-order valence-electron chi connectivity index (χ2n) is 9.09. The van der Waals surface area contributed by atoms with Crippen LogP contribution in [0.2, 0.25) is 0 Å². The Bertz CT molecular complexity index is 1430.